The largest absolute Gasteiger partial charge is 0.378 e. The van der Waals surface area contributed by atoms with Crippen molar-refractivity contribution in [3.05, 3.63) is 24.0 Å². The molecule has 0 aromatic heterocycles. The van der Waals surface area contributed by atoms with Gasteiger partial charge in [0.25, 0.3) is 0 Å². The average molecular weight is 255 g/mol. The van der Waals surface area contributed by atoms with Crippen LogP contribution in [0, 0.1) is 5.82 Å². The lowest BCUT2D eigenvalue weighted by Crippen LogP contribution is -2.37. The highest BCUT2D eigenvalue weighted by molar-refractivity contribution is 7.80. The minimum absolute atomic E-state index is 0.130. The van der Waals surface area contributed by atoms with Crippen LogP contribution in [0.4, 0.5) is 15.8 Å². The SMILES string of the molecule is NC(=S)Nc1cc(F)ccc1N1CCOCC1. The maximum Gasteiger partial charge on any atom is 0.168 e. The smallest absolute Gasteiger partial charge is 0.168 e. The molecule has 0 amide bonds. The number of rotatable bonds is 2. The van der Waals surface area contributed by atoms with Crippen LogP contribution in [0.5, 0.6) is 0 Å². The predicted molar refractivity (Wildman–Crippen MR) is 69.8 cm³/mol. The molecule has 1 fully saturated rings. The number of hydrogen-bond acceptors (Lipinski definition) is 3. The fourth-order valence-electron chi connectivity index (χ4n) is 1.82. The Kier molecular flexibility index (Phi) is 3.75. The molecular weight excluding hydrogens is 241 g/mol. The first kappa shape index (κ1) is 12.1. The molecule has 1 saturated heterocycles. The molecule has 0 aliphatic carbocycles. The molecule has 1 aromatic rings. The van der Waals surface area contributed by atoms with Gasteiger partial charge in [-0.2, -0.15) is 0 Å². The minimum atomic E-state index is -0.319. The van der Waals surface area contributed by atoms with E-state index in [0.717, 1.165) is 18.8 Å². The molecule has 6 heteroatoms. The van der Waals surface area contributed by atoms with Gasteiger partial charge in [0.15, 0.2) is 5.11 Å². The highest BCUT2D eigenvalue weighted by Crippen LogP contribution is 2.27. The number of nitrogens with two attached hydrogens (primary N) is 1. The number of anilines is 2. The van der Waals surface area contributed by atoms with Crippen LogP contribution in [0.25, 0.3) is 0 Å². The molecule has 92 valence electrons. The van der Waals surface area contributed by atoms with Crippen molar-refractivity contribution in [3.8, 4) is 0 Å². The zero-order valence-electron chi connectivity index (χ0n) is 9.28. The molecule has 2 rings (SSSR count). The van der Waals surface area contributed by atoms with Crippen LogP contribution in [0.15, 0.2) is 18.2 Å². The van der Waals surface area contributed by atoms with E-state index in [1.807, 2.05) is 0 Å². The molecule has 3 N–H and O–H groups in total. The molecule has 1 aliphatic heterocycles. The van der Waals surface area contributed by atoms with E-state index in [1.165, 1.54) is 12.1 Å². The number of hydrogen-bond donors (Lipinski definition) is 2. The van der Waals surface area contributed by atoms with Crippen LogP contribution in [0.2, 0.25) is 0 Å². The number of nitrogens with zero attached hydrogens (tertiary/aromatic N) is 1. The number of halogens is 1. The molecule has 17 heavy (non-hydrogen) atoms. The zero-order chi connectivity index (χ0) is 12.3. The summed E-state index contributed by atoms with van der Waals surface area (Å²) in [4.78, 5) is 2.11. The van der Waals surface area contributed by atoms with Crippen LogP contribution in [0.3, 0.4) is 0 Å². The second-order valence-electron chi connectivity index (χ2n) is 3.75. The lowest BCUT2D eigenvalue weighted by Gasteiger charge is -2.30. The van der Waals surface area contributed by atoms with Gasteiger partial charge < -0.3 is 20.7 Å². The minimum Gasteiger partial charge on any atom is -0.378 e. The molecule has 0 bridgehead atoms. The Morgan fingerprint density at radius 1 is 1.41 bits per heavy atom. The van der Waals surface area contributed by atoms with E-state index in [4.69, 9.17) is 22.7 Å². The second-order valence-corrected chi connectivity index (χ2v) is 4.19. The van der Waals surface area contributed by atoms with Crippen molar-refractivity contribution in [2.45, 2.75) is 0 Å². The molecule has 4 nitrogen and oxygen atoms in total. The molecule has 0 spiro atoms. The molecular formula is C11H14FN3OS. The van der Waals surface area contributed by atoms with E-state index < -0.39 is 0 Å². The van der Waals surface area contributed by atoms with Gasteiger partial charge in [-0.1, -0.05) is 0 Å². The van der Waals surface area contributed by atoms with E-state index in [0.29, 0.717) is 18.9 Å². The summed E-state index contributed by atoms with van der Waals surface area (Å²) >= 11 is 4.78. The summed E-state index contributed by atoms with van der Waals surface area (Å²) in [5, 5.41) is 2.93. The maximum absolute atomic E-state index is 13.2. The van der Waals surface area contributed by atoms with Gasteiger partial charge in [-0.25, -0.2) is 4.39 Å². The van der Waals surface area contributed by atoms with Gasteiger partial charge in [0, 0.05) is 13.1 Å². The van der Waals surface area contributed by atoms with Crippen molar-refractivity contribution in [1.82, 2.24) is 0 Å². The Morgan fingerprint density at radius 3 is 2.76 bits per heavy atom. The molecule has 0 atom stereocenters. The highest BCUT2D eigenvalue weighted by Gasteiger charge is 2.15. The van der Waals surface area contributed by atoms with Crippen molar-refractivity contribution in [2.75, 3.05) is 36.5 Å². The maximum atomic E-state index is 13.2. The van der Waals surface area contributed by atoms with Crippen LogP contribution in [-0.2, 0) is 4.74 Å². The van der Waals surface area contributed by atoms with Gasteiger partial charge in [0.05, 0.1) is 24.6 Å². The number of nitrogens with one attached hydrogen (secondary N) is 1. The summed E-state index contributed by atoms with van der Waals surface area (Å²) in [6, 6.07) is 4.54. The van der Waals surface area contributed by atoms with Gasteiger partial charge in [0.2, 0.25) is 0 Å². The van der Waals surface area contributed by atoms with Crippen molar-refractivity contribution in [2.24, 2.45) is 5.73 Å². The molecule has 0 radical (unpaired) electrons. The normalized spacial score (nSPS) is 15.7. The Balaban J connectivity index is 2.27. The van der Waals surface area contributed by atoms with Crippen LogP contribution < -0.4 is 16.0 Å². The monoisotopic (exact) mass is 255 g/mol. The van der Waals surface area contributed by atoms with Crippen molar-refractivity contribution in [3.63, 3.8) is 0 Å². The lowest BCUT2D eigenvalue weighted by atomic mass is 10.2. The summed E-state index contributed by atoms with van der Waals surface area (Å²) in [5.74, 6) is -0.319. The van der Waals surface area contributed by atoms with E-state index in [2.05, 4.69) is 10.2 Å². The Bertz CT molecular complexity index is 421. The molecule has 1 heterocycles. The third-order valence-corrected chi connectivity index (χ3v) is 2.67. The second kappa shape index (κ2) is 5.29. The zero-order valence-corrected chi connectivity index (χ0v) is 10.1. The quantitative estimate of drug-likeness (QED) is 0.781. The Labute approximate surface area is 105 Å². The highest BCUT2D eigenvalue weighted by atomic mass is 32.1. The summed E-state index contributed by atoms with van der Waals surface area (Å²) < 4.78 is 18.5. The third kappa shape index (κ3) is 3.04. The van der Waals surface area contributed by atoms with Crippen molar-refractivity contribution >= 4 is 28.7 Å². The van der Waals surface area contributed by atoms with Crippen LogP contribution in [0.1, 0.15) is 0 Å². The fourth-order valence-corrected chi connectivity index (χ4v) is 1.93. The average Bonchev–Trinajstić information content (AvgIpc) is 2.29. The molecule has 1 aliphatic rings. The van der Waals surface area contributed by atoms with Crippen molar-refractivity contribution in [1.29, 1.82) is 0 Å². The van der Waals surface area contributed by atoms with Gasteiger partial charge in [-0.05, 0) is 30.4 Å². The van der Waals surface area contributed by atoms with Gasteiger partial charge in [-0.3, -0.25) is 0 Å². The summed E-state index contributed by atoms with van der Waals surface area (Å²) in [6.45, 7) is 2.89. The van der Waals surface area contributed by atoms with Gasteiger partial charge in [-0.15, -0.1) is 0 Å². The molecule has 0 saturated carbocycles. The first-order valence-corrected chi connectivity index (χ1v) is 5.76. The van der Waals surface area contributed by atoms with Crippen LogP contribution in [-0.4, -0.2) is 31.4 Å². The number of morpholine rings is 1. The Hall–Kier alpha value is -1.40. The predicted octanol–water partition coefficient (Wildman–Crippen LogP) is 1.32. The van der Waals surface area contributed by atoms with E-state index >= 15 is 0 Å². The number of ether oxygens (including phenoxy) is 1. The lowest BCUT2D eigenvalue weighted by molar-refractivity contribution is 0.123. The van der Waals surface area contributed by atoms with Gasteiger partial charge >= 0.3 is 0 Å². The van der Waals surface area contributed by atoms with Gasteiger partial charge in [0.1, 0.15) is 5.82 Å². The first-order chi connectivity index (χ1) is 8.16. The number of thiocarbonyl (C=S) groups is 1. The van der Waals surface area contributed by atoms with Crippen molar-refractivity contribution < 1.29 is 9.13 Å². The topological polar surface area (TPSA) is 50.5 Å². The summed E-state index contributed by atoms with van der Waals surface area (Å²) in [5.41, 5.74) is 6.92. The molecule has 1 aromatic carbocycles. The first-order valence-electron chi connectivity index (χ1n) is 5.35. The summed E-state index contributed by atoms with van der Waals surface area (Å²) in [7, 11) is 0. The van der Waals surface area contributed by atoms with E-state index in [-0.39, 0.29) is 10.9 Å². The summed E-state index contributed by atoms with van der Waals surface area (Å²) in [6.07, 6.45) is 0. The van der Waals surface area contributed by atoms with E-state index in [1.54, 1.807) is 6.07 Å². The standard InChI is InChI=1S/C11H14FN3OS/c12-8-1-2-10(9(7-8)14-11(13)17)15-3-5-16-6-4-15/h1-2,7H,3-6H2,(H3,13,14,17). The molecule has 0 unspecified atom stereocenters. The Morgan fingerprint density at radius 2 is 2.12 bits per heavy atom. The third-order valence-electron chi connectivity index (χ3n) is 2.57. The van der Waals surface area contributed by atoms with E-state index in [9.17, 15) is 4.39 Å². The number of benzene rings is 1. The fraction of sp³-hybridized carbons (Fsp3) is 0.364. The van der Waals surface area contributed by atoms with Crippen LogP contribution >= 0.6 is 12.2 Å².